The van der Waals surface area contributed by atoms with E-state index in [1.807, 2.05) is 13.1 Å². The second-order valence-corrected chi connectivity index (χ2v) is 7.08. The van der Waals surface area contributed by atoms with E-state index in [0.717, 1.165) is 48.5 Å². The summed E-state index contributed by atoms with van der Waals surface area (Å²) >= 11 is 0. The molecule has 1 aromatic carbocycles. The molecule has 2 aliphatic heterocycles. The number of fused-ring (bicyclic) bond motifs is 2. The van der Waals surface area contributed by atoms with Gasteiger partial charge in [0.25, 0.3) is 0 Å². The molecule has 1 fully saturated rings. The van der Waals surface area contributed by atoms with Crippen LogP contribution in [0.4, 0.5) is 0 Å². The Hall–Kier alpha value is -2.24. The molecule has 1 atom stereocenters. The van der Waals surface area contributed by atoms with E-state index >= 15 is 0 Å². The van der Waals surface area contributed by atoms with Gasteiger partial charge in [-0.05, 0) is 67.1 Å². The van der Waals surface area contributed by atoms with E-state index in [-0.39, 0.29) is 0 Å². The zero-order valence-corrected chi connectivity index (χ0v) is 14.4. The quantitative estimate of drug-likeness (QED) is 0.754. The Morgan fingerprint density at radius 1 is 1.20 bits per heavy atom. The number of pyridine rings is 1. The molecule has 1 unspecified atom stereocenters. The molecular weight excluding hydrogens is 312 g/mol. The Bertz CT molecular complexity index is 940. The topological polar surface area (TPSA) is 62.8 Å². The van der Waals surface area contributed by atoms with E-state index in [1.54, 1.807) is 0 Å². The molecular formula is C20H22N4O. The standard InChI is InChI=1S/C20H22N4O/c1-12-16-9-15(10-22-20(16)24-23-12)14-7-13-4-6-25-11-18(13)17(8-14)19-3-2-5-21-19/h7-10,19,21H,2-6,11H2,1H3,(H,22,23,24). The van der Waals surface area contributed by atoms with Gasteiger partial charge < -0.3 is 10.1 Å². The van der Waals surface area contributed by atoms with Crippen LogP contribution in [-0.2, 0) is 17.8 Å². The number of aryl methyl sites for hydroxylation is 1. The summed E-state index contributed by atoms with van der Waals surface area (Å²) in [5.41, 5.74) is 8.48. The van der Waals surface area contributed by atoms with E-state index in [9.17, 15) is 0 Å². The van der Waals surface area contributed by atoms with Gasteiger partial charge in [-0.2, -0.15) is 5.10 Å². The summed E-state index contributed by atoms with van der Waals surface area (Å²) in [5.74, 6) is 0. The lowest BCUT2D eigenvalue weighted by atomic mass is 9.88. The van der Waals surface area contributed by atoms with Gasteiger partial charge in [0.15, 0.2) is 5.65 Å². The first-order valence-corrected chi connectivity index (χ1v) is 9.07. The molecule has 5 heteroatoms. The highest BCUT2D eigenvalue weighted by molar-refractivity contribution is 5.83. The number of benzene rings is 1. The second kappa shape index (κ2) is 5.93. The lowest BCUT2D eigenvalue weighted by molar-refractivity contribution is 0.109. The number of aromatic nitrogens is 3. The van der Waals surface area contributed by atoms with Gasteiger partial charge in [0.05, 0.1) is 18.9 Å². The SMILES string of the molecule is Cc1n[nH]c2ncc(-c3cc4c(c(C5CCCN5)c3)COCC4)cc12. The summed E-state index contributed by atoms with van der Waals surface area (Å²) in [7, 11) is 0. The van der Waals surface area contributed by atoms with Crippen molar-refractivity contribution in [3.8, 4) is 11.1 Å². The lowest BCUT2D eigenvalue weighted by Crippen LogP contribution is -2.19. The third kappa shape index (κ3) is 2.55. The van der Waals surface area contributed by atoms with Crippen LogP contribution in [0.5, 0.6) is 0 Å². The van der Waals surface area contributed by atoms with E-state index < -0.39 is 0 Å². The van der Waals surface area contributed by atoms with Crippen LogP contribution >= 0.6 is 0 Å². The van der Waals surface area contributed by atoms with Gasteiger partial charge in [-0.25, -0.2) is 4.98 Å². The van der Waals surface area contributed by atoms with Crippen molar-refractivity contribution in [3.63, 3.8) is 0 Å². The number of ether oxygens (including phenoxy) is 1. The zero-order valence-electron chi connectivity index (χ0n) is 14.4. The summed E-state index contributed by atoms with van der Waals surface area (Å²) in [6, 6.07) is 7.32. The summed E-state index contributed by atoms with van der Waals surface area (Å²) < 4.78 is 5.75. The molecule has 4 heterocycles. The average molecular weight is 334 g/mol. The smallest absolute Gasteiger partial charge is 0.155 e. The van der Waals surface area contributed by atoms with E-state index in [0.29, 0.717) is 6.04 Å². The van der Waals surface area contributed by atoms with Crippen LogP contribution in [0.2, 0.25) is 0 Å². The van der Waals surface area contributed by atoms with Crippen LogP contribution in [0.25, 0.3) is 22.2 Å². The molecule has 25 heavy (non-hydrogen) atoms. The Labute approximate surface area is 146 Å². The average Bonchev–Trinajstić information content (AvgIpc) is 3.31. The van der Waals surface area contributed by atoms with Gasteiger partial charge in [-0.1, -0.05) is 6.07 Å². The number of H-pyrrole nitrogens is 1. The van der Waals surface area contributed by atoms with Crippen molar-refractivity contribution in [1.82, 2.24) is 20.5 Å². The minimum atomic E-state index is 0.447. The molecule has 2 aromatic heterocycles. The van der Waals surface area contributed by atoms with Gasteiger partial charge in [0, 0.05) is 23.2 Å². The van der Waals surface area contributed by atoms with Crippen molar-refractivity contribution in [3.05, 3.63) is 46.8 Å². The van der Waals surface area contributed by atoms with Crippen molar-refractivity contribution >= 4 is 11.0 Å². The van der Waals surface area contributed by atoms with Gasteiger partial charge in [-0.3, -0.25) is 5.10 Å². The fourth-order valence-corrected chi connectivity index (χ4v) is 4.12. The molecule has 0 radical (unpaired) electrons. The predicted molar refractivity (Wildman–Crippen MR) is 97.4 cm³/mol. The summed E-state index contributed by atoms with van der Waals surface area (Å²) in [6.07, 6.45) is 5.39. The maximum Gasteiger partial charge on any atom is 0.155 e. The first-order chi connectivity index (χ1) is 12.3. The third-order valence-electron chi connectivity index (χ3n) is 5.52. The van der Waals surface area contributed by atoms with Gasteiger partial charge >= 0.3 is 0 Å². The second-order valence-electron chi connectivity index (χ2n) is 7.08. The summed E-state index contributed by atoms with van der Waals surface area (Å²) in [6.45, 7) is 4.67. The minimum Gasteiger partial charge on any atom is -0.376 e. The monoisotopic (exact) mass is 334 g/mol. The number of nitrogens with zero attached hydrogens (tertiary/aromatic N) is 2. The van der Waals surface area contributed by atoms with E-state index in [4.69, 9.17) is 4.74 Å². The fraction of sp³-hybridized carbons (Fsp3) is 0.400. The Morgan fingerprint density at radius 3 is 3.04 bits per heavy atom. The Morgan fingerprint density at radius 2 is 2.16 bits per heavy atom. The van der Waals surface area contributed by atoms with Crippen LogP contribution in [0.1, 0.15) is 41.3 Å². The molecule has 2 N–H and O–H groups in total. The molecule has 1 saturated heterocycles. The normalized spacial score (nSPS) is 20.1. The maximum atomic E-state index is 5.75. The molecule has 5 nitrogen and oxygen atoms in total. The maximum absolute atomic E-state index is 5.75. The number of hydrogen-bond donors (Lipinski definition) is 2. The highest BCUT2D eigenvalue weighted by Gasteiger charge is 2.24. The number of nitrogens with one attached hydrogen (secondary N) is 2. The molecule has 5 rings (SSSR count). The Kier molecular flexibility index (Phi) is 3.57. The first-order valence-electron chi connectivity index (χ1n) is 9.07. The molecule has 0 bridgehead atoms. The lowest BCUT2D eigenvalue weighted by Gasteiger charge is -2.24. The summed E-state index contributed by atoms with van der Waals surface area (Å²) in [4.78, 5) is 4.56. The van der Waals surface area contributed by atoms with Crippen LogP contribution < -0.4 is 5.32 Å². The minimum absolute atomic E-state index is 0.447. The number of rotatable bonds is 2. The highest BCUT2D eigenvalue weighted by Crippen LogP contribution is 2.35. The van der Waals surface area contributed by atoms with Gasteiger partial charge in [0.2, 0.25) is 0 Å². The predicted octanol–water partition coefficient (Wildman–Crippen LogP) is 3.43. The third-order valence-corrected chi connectivity index (χ3v) is 5.52. The first kappa shape index (κ1) is 15.0. The van der Waals surface area contributed by atoms with Crippen LogP contribution in [0.3, 0.4) is 0 Å². The van der Waals surface area contributed by atoms with Crippen molar-refractivity contribution < 1.29 is 4.74 Å². The summed E-state index contributed by atoms with van der Waals surface area (Å²) in [5, 5.41) is 12.0. The zero-order chi connectivity index (χ0) is 16.8. The van der Waals surface area contributed by atoms with Crippen molar-refractivity contribution in [2.24, 2.45) is 0 Å². The van der Waals surface area contributed by atoms with Crippen molar-refractivity contribution in [1.29, 1.82) is 0 Å². The van der Waals surface area contributed by atoms with Crippen LogP contribution in [-0.4, -0.2) is 28.3 Å². The van der Waals surface area contributed by atoms with Crippen LogP contribution in [0, 0.1) is 6.92 Å². The molecule has 2 aliphatic rings. The van der Waals surface area contributed by atoms with E-state index in [1.165, 1.54) is 35.1 Å². The Balaban J connectivity index is 1.66. The number of hydrogen-bond acceptors (Lipinski definition) is 4. The molecule has 128 valence electrons. The van der Waals surface area contributed by atoms with Gasteiger partial charge in [0.1, 0.15) is 0 Å². The fourth-order valence-electron chi connectivity index (χ4n) is 4.12. The number of aromatic amines is 1. The molecule has 0 amide bonds. The van der Waals surface area contributed by atoms with Gasteiger partial charge in [-0.15, -0.1) is 0 Å². The largest absolute Gasteiger partial charge is 0.376 e. The van der Waals surface area contributed by atoms with Crippen molar-refractivity contribution in [2.45, 2.75) is 38.8 Å². The molecule has 0 saturated carbocycles. The highest BCUT2D eigenvalue weighted by atomic mass is 16.5. The molecule has 0 aliphatic carbocycles. The van der Waals surface area contributed by atoms with E-state index in [2.05, 4.69) is 38.7 Å². The molecule has 3 aromatic rings. The molecule has 0 spiro atoms. The van der Waals surface area contributed by atoms with Crippen LogP contribution in [0.15, 0.2) is 24.4 Å². The van der Waals surface area contributed by atoms with Crippen molar-refractivity contribution in [2.75, 3.05) is 13.2 Å².